The van der Waals surface area contributed by atoms with Crippen LogP contribution in [0.4, 0.5) is 11.5 Å². The summed E-state index contributed by atoms with van der Waals surface area (Å²) in [5.74, 6) is 0.893. The van der Waals surface area contributed by atoms with E-state index in [1.807, 2.05) is 42.5 Å². The fraction of sp³-hybridized carbons (Fsp3) is 0.118. The first kappa shape index (κ1) is 12.6. The van der Waals surface area contributed by atoms with Crippen LogP contribution in [-0.4, -0.2) is 4.98 Å². The zero-order chi connectivity index (χ0) is 13.9. The largest absolute Gasteiger partial charge is 0.340 e. The number of aryl methyl sites for hydroxylation is 1. The van der Waals surface area contributed by atoms with Gasteiger partial charge in [0, 0.05) is 17.6 Å². The summed E-state index contributed by atoms with van der Waals surface area (Å²) in [7, 11) is 0. The highest BCUT2D eigenvalue weighted by atomic mass is 15.0. The number of benzene rings is 2. The van der Waals surface area contributed by atoms with Crippen LogP contribution in [0.3, 0.4) is 0 Å². The molecule has 0 radical (unpaired) electrons. The summed E-state index contributed by atoms with van der Waals surface area (Å²) in [6.45, 7) is 2.63. The fourth-order valence-corrected chi connectivity index (χ4v) is 2.21. The van der Waals surface area contributed by atoms with Gasteiger partial charge in [0.05, 0.1) is 5.52 Å². The molecule has 1 aromatic heterocycles. The quantitative estimate of drug-likeness (QED) is 0.756. The topological polar surface area (TPSA) is 50.9 Å². The average molecular weight is 263 g/mol. The average Bonchev–Trinajstić information content (AvgIpc) is 2.49. The van der Waals surface area contributed by atoms with E-state index in [0.29, 0.717) is 6.54 Å². The van der Waals surface area contributed by atoms with Crippen LogP contribution < -0.4 is 11.1 Å². The maximum absolute atomic E-state index is 5.61. The summed E-state index contributed by atoms with van der Waals surface area (Å²) in [5.41, 5.74) is 9.88. The first-order valence-electron chi connectivity index (χ1n) is 6.69. The Labute approximate surface area is 118 Å². The summed E-state index contributed by atoms with van der Waals surface area (Å²) >= 11 is 0. The first-order valence-corrected chi connectivity index (χ1v) is 6.69. The molecule has 0 saturated heterocycles. The zero-order valence-electron chi connectivity index (χ0n) is 11.4. The molecule has 0 amide bonds. The molecule has 3 aromatic rings. The van der Waals surface area contributed by atoms with Gasteiger partial charge in [0.25, 0.3) is 0 Å². The van der Waals surface area contributed by atoms with E-state index in [1.54, 1.807) is 0 Å². The molecule has 3 heteroatoms. The van der Waals surface area contributed by atoms with Crippen LogP contribution >= 0.6 is 0 Å². The zero-order valence-corrected chi connectivity index (χ0v) is 11.4. The van der Waals surface area contributed by atoms with Crippen LogP contribution in [0.15, 0.2) is 54.6 Å². The minimum Gasteiger partial charge on any atom is -0.340 e. The summed E-state index contributed by atoms with van der Waals surface area (Å²) in [6, 6.07) is 18.4. The number of fused-ring (bicyclic) bond motifs is 1. The Bertz CT molecular complexity index is 733. The van der Waals surface area contributed by atoms with Crippen molar-refractivity contribution in [2.75, 3.05) is 5.32 Å². The molecule has 2 aromatic carbocycles. The molecule has 3 rings (SSSR count). The van der Waals surface area contributed by atoms with Crippen LogP contribution in [0.25, 0.3) is 10.9 Å². The lowest BCUT2D eigenvalue weighted by molar-refractivity contribution is 1.07. The maximum atomic E-state index is 5.61. The second-order valence-corrected chi connectivity index (χ2v) is 4.87. The number of hydrogen-bond acceptors (Lipinski definition) is 3. The molecule has 3 nitrogen and oxygen atoms in total. The molecule has 100 valence electrons. The lowest BCUT2D eigenvalue weighted by atomic mass is 10.1. The van der Waals surface area contributed by atoms with Gasteiger partial charge >= 0.3 is 0 Å². The van der Waals surface area contributed by atoms with Crippen LogP contribution in [0, 0.1) is 6.92 Å². The molecule has 0 bridgehead atoms. The molecule has 0 saturated carbocycles. The van der Waals surface area contributed by atoms with Gasteiger partial charge in [-0.05, 0) is 42.3 Å². The summed E-state index contributed by atoms with van der Waals surface area (Å²) < 4.78 is 0. The first-order chi connectivity index (χ1) is 9.76. The number of para-hydroxylation sites is 1. The van der Waals surface area contributed by atoms with Gasteiger partial charge in [-0.3, -0.25) is 0 Å². The lowest BCUT2D eigenvalue weighted by Gasteiger charge is -2.10. The lowest BCUT2D eigenvalue weighted by Crippen LogP contribution is -1.99. The van der Waals surface area contributed by atoms with Gasteiger partial charge in [-0.1, -0.05) is 30.3 Å². The van der Waals surface area contributed by atoms with E-state index in [1.165, 1.54) is 0 Å². The number of nitrogens with zero attached hydrogens (tertiary/aromatic N) is 1. The fourth-order valence-electron chi connectivity index (χ4n) is 2.21. The molecule has 0 unspecified atom stereocenters. The number of anilines is 2. The predicted octanol–water partition coefficient (Wildman–Crippen LogP) is 3.75. The van der Waals surface area contributed by atoms with Crippen molar-refractivity contribution in [1.29, 1.82) is 0 Å². The number of nitrogens with two attached hydrogens (primary N) is 1. The van der Waals surface area contributed by atoms with E-state index in [-0.39, 0.29) is 0 Å². The number of pyridine rings is 1. The summed E-state index contributed by atoms with van der Waals surface area (Å²) in [6.07, 6.45) is 0. The molecule has 0 fully saturated rings. The number of nitrogens with one attached hydrogen (secondary N) is 1. The molecular formula is C17H17N3. The molecular weight excluding hydrogens is 246 g/mol. The van der Waals surface area contributed by atoms with Crippen molar-refractivity contribution in [3.05, 3.63) is 65.7 Å². The van der Waals surface area contributed by atoms with Gasteiger partial charge in [0.2, 0.25) is 0 Å². The molecule has 0 aliphatic heterocycles. The predicted molar refractivity (Wildman–Crippen MR) is 84.1 cm³/mol. The Hall–Kier alpha value is -2.39. The molecule has 1 heterocycles. The Morgan fingerprint density at radius 3 is 2.55 bits per heavy atom. The van der Waals surface area contributed by atoms with E-state index < -0.39 is 0 Å². The van der Waals surface area contributed by atoms with Crippen molar-refractivity contribution in [1.82, 2.24) is 4.98 Å². The van der Waals surface area contributed by atoms with E-state index in [0.717, 1.165) is 33.5 Å². The summed E-state index contributed by atoms with van der Waals surface area (Å²) in [5, 5.41) is 4.52. The van der Waals surface area contributed by atoms with E-state index >= 15 is 0 Å². The standard InChI is InChI=1S/C17H17N3/c1-12-10-14-4-2-3-5-16(14)20-17(12)19-15-8-6-13(11-18)7-9-15/h2-10H,11,18H2,1H3,(H,19,20). The SMILES string of the molecule is Cc1cc2ccccc2nc1Nc1ccc(CN)cc1. The van der Waals surface area contributed by atoms with E-state index in [2.05, 4.69) is 29.4 Å². The van der Waals surface area contributed by atoms with Crippen LogP contribution in [0.1, 0.15) is 11.1 Å². The van der Waals surface area contributed by atoms with Crippen molar-refractivity contribution in [2.24, 2.45) is 5.73 Å². The maximum Gasteiger partial charge on any atom is 0.134 e. The van der Waals surface area contributed by atoms with Crippen LogP contribution in [-0.2, 0) is 6.54 Å². The Balaban J connectivity index is 1.94. The molecule has 0 aliphatic rings. The van der Waals surface area contributed by atoms with Crippen molar-refractivity contribution in [3.8, 4) is 0 Å². The second kappa shape index (κ2) is 5.31. The minimum atomic E-state index is 0.563. The monoisotopic (exact) mass is 263 g/mol. The molecule has 3 N–H and O–H groups in total. The van der Waals surface area contributed by atoms with Crippen molar-refractivity contribution < 1.29 is 0 Å². The second-order valence-electron chi connectivity index (χ2n) is 4.87. The summed E-state index contributed by atoms with van der Waals surface area (Å²) in [4.78, 5) is 4.68. The van der Waals surface area contributed by atoms with E-state index in [9.17, 15) is 0 Å². The molecule has 0 spiro atoms. The van der Waals surface area contributed by atoms with Gasteiger partial charge in [0.15, 0.2) is 0 Å². The van der Waals surface area contributed by atoms with Crippen LogP contribution in [0.5, 0.6) is 0 Å². The van der Waals surface area contributed by atoms with Crippen LogP contribution in [0.2, 0.25) is 0 Å². The Morgan fingerprint density at radius 1 is 1.05 bits per heavy atom. The third-order valence-electron chi connectivity index (χ3n) is 3.37. The van der Waals surface area contributed by atoms with Crippen molar-refractivity contribution in [3.63, 3.8) is 0 Å². The highest BCUT2D eigenvalue weighted by Gasteiger charge is 2.03. The molecule has 0 atom stereocenters. The number of hydrogen-bond donors (Lipinski definition) is 2. The van der Waals surface area contributed by atoms with Gasteiger partial charge in [-0.2, -0.15) is 0 Å². The third-order valence-corrected chi connectivity index (χ3v) is 3.37. The highest BCUT2D eigenvalue weighted by Crippen LogP contribution is 2.23. The highest BCUT2D eigenvalue weighted by molar-refractivity contribution is 5.82. The Kier molecular flexibility index (Phi) is 3.35. The van der Waals surface area contributed by atoms with Crippen molar-refractivity contribution in [2.45, 2.75) is 13.5 Å². The smallest absolute Gasteiger partial charge is 0.134 e. The minimum absolute atomic E-state index is 0.563. The number of aromatic nitrogens is 1. The Morgan fingerprint density at radius 2 is 1.80 bits per heavy atom. The normalized spacial score (nSPS) is 10.7. The van der Waals surface area contributed by atoms with Crippen molar-refractivity contribution >= 4 is 22.4 Å². The van der Waals surface area contributed by atoms with Gasteiger partial charge in [0.1, 0.15) is 5.82 Å². The number of rotatable bonds is 3. The van der Waals surface area contributed by atoms with Gasteiger partial charge < -0.3 is 11.1 Å². The third kappa shape index (κ3) is 2.49. The van der Waals surface area contributed by atoms with Gasteiger partial charge in [-0.25, -0.2) is 4.98 Å². The molecule has 0 aliphatic carbocycles. The van der Waals surface area contributed by atoms with Gasteiger partial charge in [-0.15, -0.1) is 0 Å². The van der Waals surface area contributed by atoms with E-state index in [4.69, 9.17) is 5.73 Å². The molecule has 20 heavy (non-hydrogen) atoms.